The second-order valence-corrected chi connectivity index (χ2v) is 11.2. The van der Waals surface area contributed by atoms with Gasteiger partial charge in [-0.1, -0.05) is 58.4 Å². The fraction of sp³-hybridized carbons (Fsp3) is 0.355. The Labute approximate surface area is 243 Å². The number of hydrogen-bond donors (Lipinski definition) is 2. The molecule has 208 valence electrons. The van der Waals surface area contributed by atoms with Gasteiger partial charge in [0.05, 0.1) is 19.3 Å². The third-order valence-electron chi connectivity index (χ3n) is 6.32. The summed E-state index contributed by atoms with van der Waals surface area (Å²) >= 11 is 5.08. The van der Waals surface area contributed by atoms with Crippen LogP contribution in [0.4, 0.5) is 0 Å². The Balaban J connectivity index is 1.86. The fourth-order valence-electron chi connectivity index (χ4n) is 4.26. The maximum Gasteiger partial charge on any atom is 0.326 e. The van der Waals surface area contributed by atoms with E-state index in [9.17, 15) is 14.7 Å². The summed E-state index contributed by atoms with van der Waals surface area (Å²) in [5, 5.41) is 12.3. The van der Waals surface area contributed by atoms with Gasteiger partial charge in [-0.3, -0.25) is 4.79 Å². The summed E-state index contributed by atoms with van der Waals surface area (Å²) in [5.41, 5.74) is 5.18. The first-order valence-corrected chi connectivity index (χ1v) is 15.2. The van der Waals surface area contributed by atoms with E-state index in [1.807, 2.05) is 68.6 Å². The van der Waals surface area contributed by atoms with E-state index >= 15 is 0 Å². The van der Waals surface area contributed by atoms with Gasteiger partial charge in [-0.05, 0) is 84.4 Å². The van der Waals surface area contributed by atoms with E-state index in [0.717, 1.165) is 32.3 Å². The van der Waals surface area contributed by atoms with Gasteiger partial charge in [-0.2, -0.15) is 11.8 Å². The molecule has 0 heterocycles. The summed E-state index contributed by atoms with van der Waals surface area (Å²) in [7, 11) is 0. The van der Waals surface area contributed by atoms with Gasteiger partial charge in [0.15, 0.2) is 0 Å². The van der Waals surface area contributed by atoms with Crippen molar-refractivity contribution in [3.63, 3.8) is 0 Å². The van der Waals surface area contributed by atoms with Gasteiger partial charge in [0.25, 0.3) is 5.91 Å². The third kappa shape index (κ3) is 9.49. The second-order valence-electron chi connectivity index (χ2n) is 9.27. The minimum atomic E-state index is -1.04. The number of amides is 1. The van der Waals surface area contributed by atoms with E-state index < -0.39 is 17.9 Å². The molecule has 3 aromatic rings. The molecule has 0 unspecified atom stereocenters. The van der Waals surface area contributed by atoms with Crippen molar-refractivity contribution >= 4 is 39.6 Å². The number of carboxylic acids is 1. The predicted molar refractivity (Wildman–Crippen MR) is 161 cm³/mol. The van der Waals surface area contributed by atoms with E-state index in [-0.39, 0.29) is 6.10 Å². The summed E-state index contributed by atoms with van der Waals surface area (Å²) in [6.07, 6.45) is 2.83. The average molecular weight is 615 g/mol. The second kappa shape index (κ2) is 15.8. The van der Waals surface area contributed by atoms with Crippen molar-refractivity contribution in [3.05, 3.63) is 93.5 Å². The number of nitrogens with one attached hydrogen (secondary N) is 1. The molecule has 8 heteroatoms. The minimum Gasteiger partial charge on any atom is -0.480 e. The lowest BCUT2D eigenvalue weighted by atomic mass is 9.93. The number of carbonyl (C=O) groups is 2. The van der Waals surface area contributed by atoms with Crippen LogP contribution in [0.15, 0.2) is 71.2 Å². The summed E-state index contributed by atoms with van der Waals surface area (Å²) in [4.78, 5) is 25.1. The number of carbonyl (C=O) groups excluding carboxylic acids is 1. The van der Waals surface area contributed by atoms with Crippen LogP contribution in [0, 0.1) is 6.92 Å². The molecular formula is C31H36BrNO5S. The summed E-state index contributed by atoms with van der Waals surface area (Å²) < 4.78 is 13.0. The standard InChI is InChI=1S/C31H36BrNO5S/c1-4-37-20-25(17-22-9-7-10-24(32)16-22)38-19-23-12-13-27(28(18-23)26-11-6-5-8-21(26)2)30(34)33-29(31(35)36)14-15-39-3/h5-13,16,18,25,29H,4,14-15,17,19-20H2,1-3H3,(H,33,34)(H,35,36)/t25-,29+/m1/s1. The molecule has 1 amide bonds. The first-order valence-electron chi connectivity index (χ1n) is 13.0. The smallest absolute Gasteiger partial charge is 0.326 e. The predicted octanol–water partition coefficient (Wildman–Crippen LogP) is 6.53. The Morgan fingerprint density at radius 2 is 1.82 bits per heavy atom. The molecule has 0 saturated heterocycles. The maximum atomic E-state index is 13.3. The van der Waals surface area contributed by atoms with Crippen LogP contribution >= 0.6 is 27.7 Å². The molecule has 0 aliphatic heterocycles. The van der Waals surface area contributed by atoms with Crippen LogP contribution in [-0.2, 0) is 27.3 Å². The van der Waals surface area contributed by atoms with Gasteiger partial charge in [0.2, 0.25) is 0 Å². The van der Waals surface area contributed by atoms with Crippen molar-refractivity contribution in [2.24, 2.45) is 0 Å². The third-order valence-corrected chi connectivity index (χ3v) is 7.46. The van der Waals surface area contributed by atoms with Gasteiger partial charge in [-0.25, -0.2) is 4.79 Å². The zero-order chi connectivity index (χ0) is 28.2. The monoisotopic (exact) mass is 613 g/mol. The van der Waals surface area contributed by atoms with E-state index in [2.05, 4.69) is 33.4 Å². The molecule has 0 fully saturated rings. The highest BCUT2D eigenvalue weighted by atomic mass is 79.9. The molecule has 0 saturated carbocycles. The van der Waals surface area contributed by atoms with Crippen LogP contribution in [0.1, 0.15) is 40.4 Å². The van der Waals surface area contributed by atoms with Gasteiger partial charge >= 0.3 is 5.97 Å². The number of aryl methyl sites for hydroxylation is 1. The molecule has 2 N–H and O–H groups in total. The average Bonchev–Trinajstić information content (AvgIpc) is 2.92. The van der Waals surface area contributed by atoms with Crippen LogP contribution in [0.5, 0.6) is 0 Å². The molecule has 0 radical (unpaired) electrons. The lowest BCUT2D eigenvalue weighted by Crippen LogP contribution is -2.41. The number of hydrogen-bond acceptors (Lipinski definition) is 5. The fourth-order valence-corrected chi connectivity index (χ4v) is 5.18. The molecule has 3 rings (SSSR count). The molecule has 3 aromatic carbocycles. The SMILES string of the molecule is CCOC[C@@H](Cc1cccc(Br)c1)OCc1ccc(C(=O)N[C@@H](CCSC)C(=O)O)c(-c2ccccc2C)c1. The van der Waals surface area contributed by atoms with Crippen LogP contribution < -0.4 is 5.32 Å². The first kappa shape index (κ1) is 30.9. The van der Waals surface area contributed by atoms with Crippen molar-refractivity contribution < 1.29 is 24.2 Å². The van der Waals surface area contributed by atoms with Crippen molar-refractivity contribution in [2.75, 3.05) is 25.2 Å². The largest absolute Gasteiger partial charge is 0.480 e. The van der Waals surface area contributed by atoms with Crippen LogP contribution in [0.3, 0.4) is 0 Å². The van der Waals surface area contributed by atoms with Crippen LogP contribution in [0.25, 0.3) is 11.1 Å². The number of thioether (sulfide) groups is 1. The van der Waals surface area contributed by atoms with Crippen molar-refractivity contribution in [1.29, 1.82) is 0 Å². The topological polar surface area (TPSA) is 84.9 Å². The number of benzene rings is 3. The summed E-state index contributed by atoms with van der Waals surface area (Å²) in [6.45, 7) is 5.38. The molecular weight excluding hydrogens is 578 g/mol. The normalized spacial score (nSPS) is 12.6. The Hall–Kier alpha value is -2.65. The molecule has 39 heavy (non-hydrogen) atoms. The summed E-state index contributed by atoms with van der Waals surface area (Å²) in [6, 6.07) is 20.6. The molecule has 0 aliphatic rings. The van der Waals surface area contributed by atoms with Crippen molar-refractivity contribution in [2.45, 2.75) is 45.4 Å². The molecule has 6 nitrogen and oxygen atoms in total. The Morgan fingerprint density at radius 1 is 1.03 bits per heavy atom. The zero-order valence-electron chi connectivity index (χ0n) is 22.6. The van der Waals surface area contributed by atoms with E-state index in [4.69, 9.17) is 9.47 Å². The van der Waals surface area contributed by atoms with E-state index in [1.54, 1.807) is 17.8 Å². The molecule has 0 bridgehead atoms. The quantitative estimate of drug-likeness (QED) is 0.203. The minimum absolute atomic E-state index is 0.142. The van der Waals surface area contributed by atoms with Gasteiger partial charge in [0.1, 0.15) is 6.04 Å². The zero-order valence-corrected chi connectivity index (χ0v) is 25.0. The Morgan fingerprint density at radius 3 is 2.51 bits per heavy atom. The molecule has 2 atom stereocenters. The molecule has 0 spiro atoms. The number of aliphatic carboxylic acids is 1. The van der Waals surface area contributed by atoms with Crippen LogP contribution in [0.2, 0.25) is 0 Å². The van der Waals surface area contributed by atoms with Crippen LogP contribution in [-0.4, -0.2) is 54.4 Å². The number of carboxylic acid groups (broad SMARTS) is 1. The van der Waals surface area contributed by atoms with Crippen molar-refractivity contribution in [3.8, 4) is 11.1 Å². The summed E-state index contributed by atoms with van der Waals surface area (Å²) in [5.74, 6) is -0.801. The first-order chi connectivity index (χ1) is 18.8. The van der Waals surface area contributed by atoms with Gasteiger partial charge in [0, 0.05) is 23.1 Å². The Kier molecular flexibility index (Phi) is 12.5. The highest BCUT2D eigenvalue weighted by Crippen LogP contribution is 2.29. The lowest BCUT2D eigenvalue weighted by Gasteiger charge is -2.20. The Bertz CT molecular complexity index is 1250. The highest BCUT2D eigenvalue weighted by molar-refractivity contribution is 9.10. The van der Waals surface area contributed by atoms with Gasteiger partial charge in [-0.15, -0.1) is 0 Å². The maximum absolute atomic E-state index is 13.3. The van der Waals surface area contributed by atoms with Gasteiger partial charge < -0.3 is 19.9 Å². The molecule has 0 aliphatic carbocycles. The van der Waals surface area contributed by atoms with Crippen molar-refractivity contribution in [1.82, 2.24) is 5.32 Å². The lowest BCUT2D eigenvalue weighted by molar-refractivity contribution is -0.139. The number of ether oxygens (including phenoxy) is 2. The van der Waals surface area contributed by atoms with E-state index in [0.29, 0.717) is 44.0 Å². The number of rotatable bonds is 15. The highest BCUT2D eigenvalue weighted by Gasteiger charge is 2.23. The molecule has 0 aromatic heterocycles. The van der Waals surface area contributed by atoms with E-state index in [1.165, 1.54) is 0 Å². The number of halogens is 1.